The van der Waals surface area contributed by atoms with Gasteiger partial charge < -0.3 is 0 Å². The van der Waals surface area contributed by atoms with Crippen molar-refractivity contribution >= 4 is 57.8 Å². The Morgan fingerprint density at radius 2 is 1.27 bits per heavy atom. The van der Waals surface area contributed by atoms with Crippen LogP contribution in [-0.4, -0.2) is 47.1 Å². The maximum atomic E-state index is 10.8. The maximum Gasteiger partial charge on any atom is -0.147 e. The van der Waals surface area contributed by atoms with E-state index in [9.17, 15) is 9.59 Å². The molecule has 2 radical (unpaired) electrons. The largest absolute Gasteiger partial charge is 0.147 e. The molecule has 0 fully saturated rings. The molecule has 0 aromatic rings. The molecule has 90 valence electrons. The third kappa shape index (κ3) is 14.3. The molecule has 0 atom stereocenters. The number of nitrogens with one attached hydrogen (secondary N) is 2. The van der Waals surface area contributed by atoms with E-state index in [2.05, 4.69) is 10.6 Å². The van der Waals surface area contributed by atoms with E-state index in [4.69, 9.17) is 0 Å². The summed E-state index contributed by atoms with van der Waals surface area (Å²) in [6.07, 6.45) is 1.27. The molecule has 2 amide bonds. The molecular weight excluding hydrogens is 346 g/mol. The fourth-order valence-electron chi connectivity index (χ4n) is 0.779. The van der Waals surface area contributed by atoms with Crippen LogP contribution in [0.3, 0.4) is 0 Å². The molecule has 0 saturated carbocycles. The molecule has 0 heterocycles. The van der Waals surface area contributed by atoms with E-state index in [1.165, 1.54) is 0 Å². The van der Waals surface area contributed by atoms with Crippen LogP contribution in [0.25, 0.3) is 0 Å². The third-order valence-electron chi connectivity index (χ3n) is 1.62. The zero-order chi connectivity index (χ0) is 10.1. The summed E-state index contributed by atoms with van der Waals surface area (Å²) >= 11 is -0.471. The van der Waals surface area contributed by atoms with Crippen LogP contribution in [0.4, 0.5) is 0 Å². The van der Waals surface area contributed by atoms with Crippen LogP contribution in [0.1, 0.15) is 12.8 Å². The molecule has 15 heavy (non-hydrogen) atoms. The zero-order valence-electron chi connectivity index (χ0n) is 8.96. The standard InChI is InChI=1S/2C4H8NO.2ClH.Sn/c2*1-3-4(6)5-2;;;/h2*1,3H2,2H3,(H,5,6);2*1H;. The van der Waals surface area contributed by atoms with Gasteiger partial charge in [-0.2, -0.15) is 0 Å². The zero-order valence-corrected chi connectivity index (χ0v) is 13.4. The Morgan fingerprint density at radius 3 is 1.53 bits per heavy atom. The molecule has 0 aromatic carbocycles. The summed E-state index contributed by atoms with van der Waals surface area (Å²) in [5, 5.41) is 5.17. The van der Waals surface area contributed by atoms with E-state index < -0.39 is 21.1 Å². The smallest absolute Gasteiger partial charge is 0.147 e. The molecule has 0 aliphatic carbocycles. The molecule has 0 saturated heterocycles. The summed E-state index contributed by atoms with van der Waals surface area (Å²) in [5.41, 5.74) is 0. The first kappa shape index (κ1) is 20.7. The fourth-order valence-corrected chi connectivity index (χ4v) is 3.80. The molecule has 0 unspecified atom stereocenters. The summed E-state index contributed by atoms with van der Waals surface area (Å²) in [6, 6.07) is 0. The minimum Gasteiger partial charge on any atom is -0.147 e. The van der Waals surface area contributed by atoms with Crippen LogP contribution in [-0.2, 0) is 9.59 Å². The number of hydrogen-bond acceptors (Lipinski definition) is 2. The predicted molar refractivity (Wildman–Crippen MR) is 67.2 cm³/mol. The van der Waals surface area contributed by atoms with E-state index in [0.717, 1.165) is 8.87 Å². The molecule has 0 spiro atoms. The second kappa shape index (κ2) is 14.3. The number of halogens is 2. The number of carbonyl (C=O) groups excluding carboxylic acids is 2. The van der Waals surface area contributed by atoms with Gasteiger partial charge in [0.25, 0.3) is 0 Å². The van der Waals surface area contributed by atoms with Gasteiger partial charge in [0.2, 0.25) is 0 Å². The number of hydrogen-bond donors (Lipinski definition) is 2. The van der Waals surface area contributed by atoms with Crippen molar-refractivity contribution in [2.24, 2.45) is 0 Å². The Morgan fingerprint density at radius 1 is 0.933 bits per heavy atom. The second-order valence-electron chi connectivity index (χ2n) is 2.60. The van der Waals surface area contributed by atoms with Crippen LogP contribution in [0, 0.1) is 0 Å². The van der Waals surface area contributed by atoms with Crippen molar-refractivity contribution in [3.63, 3.8) is 0 Å². The molecule has 0 bridgehead atoms. The van der Waals surface area contributed by atoms with Crippen molar-refractivity contribution in [3.8, 4) is 0 Å². The van der Waals surface area contributed by atoms with Gasteiger partial charge in [-0.1, -0.05) is 0 Å². The third-order valence-corrected chi connectivity index (χ3v) is 5.06. The minimum absolute atomic E-state index is 0. The number of rotatable bonds is 6. The van der Waals surface area contributed by atoms with Crippen molar-refractivity contribution in [2.75, 3.05) is 14.1 Å². The van der Waals surface area contributed by atoms with Gasteiger partial charge in [0.15, 0.2) is 0 Å². The Balaban J connectivity index is -0.000000720. The molecule has 2 N–H and O–H groups in total. The first-order valence-corrected chi connectivity index (χ1v) is 8.36. The van der Waals surface area contributed by atoms with Gasteiger partial charge in [-0.15, -0.1) is 24.8 Å². The van der Waals surface area contributed by atoms with Gasteiger partial charge >= 0.3 is 89.0 Å². The van der Waals surface area contributed by atoms with E-state index in [0.29, 0.717) is 12.8 Å². The van der Waals surface area contributed by atoms with Gasteiger partial charge in [0, 0.05) is 0 Å². The molecule has 0 aliphatic heterocycles. The monoisotopic (exact) mass is 364 g/mol. The van der Waals surface area contributed by atoms with Gasteiger partial charge in [0.05, 0.1) is 0 Å². The Hall–Kier alpha value is 0.319. The van der Waals surface area contributed by atoms with Crippen molar-refractivity contribution in [1.82, 2.24) is 10.6 Å². The quantitative estimate of drug-likeness (QED) is 0.537. The average Bonchev–Trinajstić information content (AvgIpc) is 2.16. The van der Waals surface area contributed by atoms with E-state index in [1.54, 1.807) is 14.1 Å². The molecule has 0 aromatic heterocycles. The summed E-state index contributed by atoms with van der Waals surface area (Å²) in [6.45, 7) is 0. The first-order chi connectivity index (χ1) is 6.20. The van der Waals surface area contributed by atoms with Gasteiger partial charge in [0.1, 0.15) is 0 Å². The molecule has 0 aliphatic rings. The molecule has 0 rings (SSSR count). The van der Waals surface area contributed by atoms with Gasteiger partial charge in [-0.25, -0.2) is 0 Å². The predicted octanol–water partition coefficient (Wildman–Crippen LogP) is 0.643. The summed E-state index contributed by atoms with van der Waals surface area (Å²) in [4.78, 5) is 21.6. The number of amides is 2. The summed E-state index contributed by atoms with van der Waals surface area (Å²) < 4.78 is 2.06. The Bertz CT molecular complexity index is 164. The number of carbonyl (C=O) groups is 2. The SMILES string of the molecule is CNC(=O)C[CH2][Sn][CH2]CC(=O)NC.Cl.Cl. The second-order valence-corrected chi connectivity index (χ2v) is 6.88. The maximum absolute atomic E-state index is 10.8. The minimum atomic E-state index is -0.471. The van der Waals surface area contributed by atoms with Crippen LogP contribution in [0.2, 0.25) is 8.87 Å². The van der Waals surface area contributed by atoms with E-state index in [-0.39, 0.29) is 36.6 Å². The van der Waals surface area contributed by atoms with E-state index >= 15 is 0 Å². The summed E-state index contributed by atoms with van der Waals surface area (Å²) in [5.74, 6) is 0.224. The summed E-state index contributed by atoms with van der Waals surface area (Å²) in [7, 11) is 3.30. The van der Waals surface area contributed by atoms with Crippen molar-refractivity contribution in [2.45, 2.75) is 21.7 Å². The van der Waals surface area contributed by atoms with Gasteiger partial charge in [-0.05, 0) is 0 Å². The van der Waals surface area contributed by atoms with Crippen molar-refractivity contribution in [1.29, 1.82) is 0 Å². The van der Waals surface area contributed by atoms with Gasteiger partial charge in [-0.3, -0.25) is 0 Å². The van der Waals surface area contributed by atoms with Crippen LogP contribution in [0.5, 0.6) is 0 Å². The Labute approximate surface area is 113 Å². The molecule has 7 heteroatoms. The molecular formula is C8H18Cl2N2O2Sn. The van der Waals surface area contributed by atoms with Crippen LogP contribution in [0.15, 0.2) is 0 Å². The molecule has 4 nitrogen and oxygen atoms in total. The topological polar surface area (TPSA) is 58.2 Å². The van der Waals surface area contributed by atoms with E-state index in [1.807, 2.05) is 0 Å². The fraction of sp³-hybridized carbons (Fsp3) is 0.750. The first-order valence-electron chi connectivity index (χ1n) is 4.32. The normalized spacial score (nSPS) is 8.13. The van der Waals surface area contributed by atoms with Crippen molar-refractivity contribution in [3.05, 3.63) is 0 Å². The Kier molecular flexibility index (Phi) is 19.8. The van der Waals surface area contributed by atoms with Crippen LogP contribution >= 0.6 is 24.8 Å². The average molecular weight is 364 g/mol. The van der Waals surface area contributed by atoms with Crippen molar-refractivity contribution < 1.29 is 9.59 Å². The van der Waals surface area contributed by atoms with Crippen LogP contribution < -0.4 is 10.6 Å².